The van der Waals surface area contributed by atoms with Crippen molar-refractivity contribution in [3.63, 3.8) is 0 Å². The zero-order chi connectivity index (χ0) is 11.5. The van der Waals surface area contributed by atoms with Gasteiger partial charge in [0, 0.05) is 7.11 Å². The van der Waals surface area contributed by atoms with Gasteiger partial charge < -0.3 is 9.72 Å². The maximum absolute atomic E-state index is 6.06. The van der Waals surface area contributed by atoms with Crippen LogP contribution >= 0.6 is 35.2 Å². The second-order valence-corrected chi connectivity index (χ2v) is 4.85. The summed E-state index contributed by atoms with van der Waals surface area (Å²) in [5.41, 5.74) is 0.882. The standard InChI is InChI=1S/C10H9ClN2OS2/c1-14-5-8-12-7(4-9(15)13-8)10-6(11)2-3-16-10/h2-4H,5H2,1H3,(H,12,13,15). The lowest BCUT2D eigenvalue weighted by Crippen LogP contribution is -1.98. The number of halogens is 1. The van der Waals surface area contributed by atoms with Crippen LogP contribution in [0.5, 0.6) is 0 Å². The molecule has 16 heavy (non-hydrogen) atoms. The topological polar surface area (TPSA) is 37.9 Å². The molecule has 3 nitrogen and oxygen atoms in total. The number of thiophene rings is 1. The number of H-pyrrole nitrogens is 1. The van der Waals surface area contributed by atoms with Crippen molar-refractivity contribution in [3.8, 4) is 10.6 Å². The van der Waals surface area contributed by atoms with Gasteiger partial charge in [0.25, 0.3) is 0 Å². The Morgan fingerprint density at radius 1 is 1.62 bits per heavy atom. The Morgan fingerprint density at radius 3 is 3.06 bits per heavy atom. The van der Waals surface area contributed by atoms with E-state index in [-0.39, 0.29) is 0 Å². The summed E-state index contributed by atoms with van der Waals surface area (Å²) in [6.45, 7) is 0.403. The maximum atomic E-state index is 6.06. The minimum absolute atomic E-state index is 0.403. The molecule has 2 aromatic rings. The number of aromatic amines is 1. The van der Waals surface area contributed by atoms with Crippen molar-refractivity contribution < 1.29 is 4.74 Å². The van der Waals surface area contributed by atoms with Crippen LogP contribution in [0.25, 0.3) is 10.6 Å². The first-order valence-electron chi connectivity index (χ1n) is 4.53. The van der Waals surface area contributed by atoms with Gasteiger partial charge in [0.2, 0.25) is 0 Å². The number of nitrogens with one attached hydrogen (secondary N) is 1. The van der Waals surface area contributed by atoms with Gasteiger partial charge in [-0.3, -0.25) is 0 Å². The van der Waals surface area contributed by atoms with Crippen LogP contribution < -0.4 is 0 Å². The van der Waals surface area contributed by atoms with Crippen molar-refractivity contribution in [1.82, 2.24) is 9.97 Å². The molecule has 0 spiro atoms. The summed E-state index contributed by atoms with van der Waals surface area (Å²) in [5, 5.41) is 2.65. The van der Waals surface area contributed by atoms with E-state index in [1.807, 2.05) is 11.4 Å². The van der Waals surface area contributed by atoms with E-state index in [0.717, 1.165) is 10.6 Å². The van der Waals surface area contributed by atoms with Gasteiger partial charge in [-0.15, -0.1) is 11.3 Å². The van der Waals surface area contributed by atoms with Gasteiger partial charge in [-0.1, -0.05) is 23.8 Å². The van der Waals surface area contributed by atoms with Crippen LogP contribution in [-0.2, 0) is 11.3 Å². The van der Waals surface area contributed by atoms with Gasteiger partial charge in [-0.25, -0.2) is 4.98 Å². The molecule has 0 unspecified atom stereocenters. The molecule has 1 N–H and O–H groups in total. The molecule has 0 amide bonds. The zero-order valence-electron chi connectivity index (χ0n) is 8.49. The third-order valence-corrected chi connectivity index (χ3v) is 3.52. The van der Waals surface area contributed by atoms with Crippen LogP contribution in [0.15, 0.2) is 17.5 Å². The molecule has 0 bridgehead atoms. The predicted molar refractivity (Wildman–Crippen MR) is 68.5 cm³/mol. The molecule has 0 fully saturated rings. The summed E-state index contributed by atoms with van der Waals surface area (Å²) in [5.74, 6) is 0.703. The molecule has 0 radical (unpaired) electrons. The first kappa shape index (κ1) is 11.7. The second kappa shape index (κ2) is 5.05. The average molecular weight is 273 g/mol. The van der Waals surface area contributed by atoms with Gasteiger partial charge in [0.15, 0.2) is 0 Å². The lowest BCUT2D eigenvalue weighted by atomic mass is 10.3. The lowest BCUT2D eigenvalue weighted by Gasteiger charge is -2.03. The SMILES string of the molecule is COCc1nc(=S)cc(-c2sccc2Cl)[nH]1. The fourth-order valence-electron chi connectivity index (χ4n) is 1.32. The van der Waals surface area contributed by atoms with Crippen LogP contribution in [0, 0.1) is 4.64 Å². The van der Waals surface area contributed by atoms with Crippen LogP contribution in [0.2, 0.25) is 5.02 Å². The highest BCUT2D eigenvalue weighted by Gasteiger charge is 2.07. The van der Waals surface area contributed by atoms with Crippen molar-refractivity contribution in [1.29, 1.82) is 0 Å². The minimum Gasteiger partial charge on any atom is -0.377 e. The molecule has 2 heterocycles. The van der Waals surface area contributed by atoms with Crippen molar-refractivity contribution in [2.45, 2.75) is 6.61 Å². The molecular weight excluding hydrogens is 264 g/mol. The van der Waals surface area contributed by atoms with Crippen LogP contribution in [0.1, 0.15) is 5.82 Å². The fraction of sp³-hybridized carbons (Fsp3) is 0.200. The Kier molecular flexibility index (Phi) is 3.70. The molecule has 0 aliphatic rings. The van der Waals surface area contributed by atoms with Crippen LogP contribution in [-0.4, -0.2) is 17.1 Å². The highest BCUT2D eigenvalue weighted by atomic mass is 35.5. The summed E-state index contributed by atoms with van der Waals surface area (Å²) in [6, 6.07) is 3.65. The minimum atomic E-state index is 0.403. The van der Waals surface area contributed by atoms with E-state index in [4.69, 9.17) is 28.6 Å². The molecule has 0 atom stereocenters. The first-order valence-corrected chi connectivity index (χ1v) is 6.20. The molecule has 6 heteroatoms. The summed E-state index contributed by atoms with van der Waals surface area (Å²) in [6.07, 6.45) is 0. The van der Waals surface area contributed by atoms with Crippen molar-refractivity contribution in [3.05, 3.63) is 33.0 Å². The maximum Gasteiger partial charge on any atom is 0.134 e. The van der Waals surface area contributed by atoms with E-state index in [0.29, 0.717) is 22.1 Å². The largest absolute Gasteiger partial charge is 0.377 e. The van der Waals surface area contributed by atoms with E-state index in [2.05, 4.69) is 9.97 Å². The first-order chi connectivity index (χ1) is 7.70. The summed E-state index contributed by atoms with van der Waals surface area (Å²) < 4.78 is 5.55. The van der Waals surface area contributed by atoms with E-state index in [9.17, 15) is 0 Å². The Balaban J connectivity index is 2.49. The number of hydrogen-bond acceptors (Lipinski definition) is 4. The highest BCUT2D eigenvalue weighted by molar-refractivity contribution is 7.71. The molecule has 0 saturated carbocycles. The molecule has 2 rings (SSSR count). The van der Waals surface area contributed by atoms with E-state index < -0.39 is 0 Å². The molecular formula is C10H9ClN2OS2. The van der Waals surface area contributed by atoms with Crippen LogP contribution in [0.3, 0.4) is 0 Å². The van der Waals surface area contributed by atoms with Gasteiger partial charge in [-0.2, -0.15) is 0 Å². The monoisotopic (exact) mass is 272 g/mol. The molecule has 2 aromatic heterocycles. The van der Waals surface area contributed by atoms with Gasteiger partial charge in [-0.05, 0) is 17.5 Å². The third-order valence-electron chi connectivity index (χ3n) is 1.93. The number of aromatic nitrogens is 2. The number of methoxy groups -OCH3 is 1. The Bertz CT molecular complexity index is 550. The molecule has 0 aliphatic heterocycles. The molecule has 0 saturated heterocycles. The zero-order valence-corrected chi connectivity index (χ0v) is 10.9. The van der Waals surface area contributed by atoms with Crippen molar-refractivity contribution >= 4 is 35.2 Å². The van der Waals surface area contributed by atoms with Crippen LogP contribution in [0.4, 0.5) is 0 Å². The smallest absolute Gasteiger partial charge is 0.134 e. The van der Waals surface area contributed by atoms with E-state index >= 15 is 0 Å². The Morgan fingerprint density at radius 2 is 2.44 bits per heavy atom. The lowest BCUT2D eigenvalue weighted by molar-refractivity contribution is 0.178. The van der Waals surface area contributed by atoms with E-state index in [1.165, 1.54) is 0 Å². The van der Waals surface area contributed by atoms with E-state index in [1.54, 1.807) is 24.5 Å². The van der Waals surface area contributed by atoms with Crippen molar-refractivity contribution in [2.75, 3.05) is 7.11 Å². The molecule has 0 aliphatic carbocycles. The number of rotatable bonds is 3. The number of nitrogens with zero attached hydrogens (tertiary/aromatic N) is 1. The Hall–Kier alpha value is -0.750. The average Bonchev–Trinajstić information content (AvgIpc) is 2.64. The fourth-order valence-corrected chi connectivity index (χ4v) is 2.68. The van der Waals surface area contributed by atoms with Gasteiger partial charge in [0.05, 0.1) is 15.6 Å². The molecule has 0 aromatic carbocycles. The summed E-state index contributed by atoms with van der Waals surface area (Å²) in [4.78, 5) is 8.28. The van der Waals surface area contributed by atoms with Crippen molar-refractivity contribution in [2.24, 2.45) is 0 Å². The van der Waals surface area contributed by atoms with Gasteiger partial charge >= 0.3 is 0 Å². The third kappa shape index (κ3) is 2.49. The highest BCUT2D eigenvalue weighted by Crippen LogP contribution is 2.31. The van der Waals surface area contributed by atoms with Gasteiger partial charge in [0.1, 0.15) is 17.1 Å². The summed E-state index contributed by atoms with van der Waals surface area (Å²) in [7, 11) is 1.61. The summed E-state index contributed by atoms with van der Waals surface area (Å²) >= 11 is 12.7. The quantitative estimate of drug-likeness (QED) is 0.867. The second-order valence-electron chi connectivity index (χ2n) is 3.11. The number of hydrogen-bond donors (Lipinski definition) is 1. The Labute approximate surface area is 107 Å². The molecule has 84 valence electrons. The number of ether oxygens (including phenoxy) is 1. The normalized spacial score (nSPS) is 10.6. The predicted octanol–water partition coefficient (Wildman–Crippen LogP) is 3.67.